The first kappa shape index (κ1) is 13.1. The van der Waals surface area contributed by atoms with Crippen LogP contribution in [0.25, 0.3) is 23.8 Å². The summed E-state index contributed by atoms with van der Waals surface area (Å²) in [6, 6.07) is 10.9. The van der Waals surface area contributed by atoms with Crippen LogP contribution in [0.4, 0.5) is 0 Å². The molecule has 21 heavy (non-hydrogen) atoms. The number of nitrogens with zero attached hydrogens (tertiary/aromatic N) is 1. The van der Waals surface area contributed by atoms with Crippen molar-refractivity contribution in [2.75, 3.05) is 0 Å². The number of furan rings is 1. The topological polar surface area (TPSA) is 56.2 Å². The average Bonchev–Trinajstić information content (AvgIpc) is 3.15. The van der Waals surface area contributed by atoms with E-state index in [2.05, 4.69) is 4.98 Å². The molecular formula is C17H13NO3. The zero-order valence-electron chi connectivity index (χ0n) is 11.4. The van der Waals surface area contributed by atoms with Crippen LogP contribution in [-0.2, 0) is 0 Å². The predicted molar refractivity (Wildman–Crippen MR) is 79.7 cm³/mol. The molecule has 0 amide bonds. The van der Waals surface area contributed by atoms with Gasteiger partial charge in [-0.15, -0.1) is 0 Å². The minimum atomic E-state index is 0.466. The van der Waals surface area contributed by atoms with Crippen LogP contribution in [0.2, 0.25) is 0 Å². The molecule has 0 atom stereocenters. The van der Waals surface area contributed by atoms with E-state index in [1.165, 1.54) is 0 Å². The Hall–Kier alpha value is -2.88. The second kappa shape index (κ2) is 5.63. The predicted octanol–water partition coefficient (Wildman–Crippen LogP) is 4.23. The van der Waals surface area contributed by atoms with Gasteiger partial charge in [0, 0.05) is 5.56 Å². The van der Waals surface area contributed by atoms with Gasteiger partial charge in [-0.2, -0.15) is 0 Å². The SMILES string of the molecule is Cc1oc(-c2ccco2)nc1C=Cc1ccc(C=O)cc1. The Kier molecular flexibility index (Phi) is 3.51. The molecule has 0 spiro atoms. The second-order valence-electron chi connectivity index (χ2n) is 4.56. The molecule has 4 heteroatoms. The maximum Gasteiger partial charge on any atom is 0.263 e. The highest BCUT2D eigenvalue weighted by molar-refractivity contribution is 5.76. The standard InChI is InChI=1S/C17H13NO3/c1-12-15(18-17(21-12)16-3-2-10-20-16)9-8-13-4-6-14(11-19)7-5-13/h2-11H,1H3. The summed E-state index contributed by atoms with van der Waals surface area (Å²) in [7, 11) is 0. The Bertz CT molecular complexity index is 765. The molecule has 104 valence electrons. The molecule has 0 bridgehead atoms. The third kappa shape index (κ3) is 2.84. The van der Waals surface area contributed by atoms with Gasteiger partial charge in [0.2, 0.25) is 0 Å². The van der Waals surface area contributed by atoms with Gasteiger partial charge in [-0.05, 0) is 30.7 Å². The summed E-state index contributed by atoms with van der Waals surface area (Å²) >= 11 is 0. The summed E-state index contributed by atoms with van der Waals surface area (Å²) in [4.78, 5) is 15.0. The molecule has 0 aliphatic heterocycles. The normalized spacial score (nSPS) is 11.1. The molecule has 0 N–H and O–H groups in total. The number of aldehydes is 1. The summed E-state index contributed by atoms with van der Waals surface area (Å²) < 4.78 is 10.8. The fraction of sp³-hybridized carbons (Fsp3) is 0.0588. The Balaban J connectivity index is 1.83. The van der Waals surface area contributed by atoms with Crippen LogP contribution in [0.1, 0.15) is 27.4 Å². The highest BCUT2D eigenvalue weighted by Crippen LogP contribution is 2.23. The zero-order valence-corrected chi connectivity index (χ0v) is 11.4. The Morgan fingerprint density at radius 1 is 1.05 bits per heavy atom. The van der Waals surface area contributed by atoms with Gasteiger partial charge in [0.15, 0.2) is 5.76 Å². The van der Waals surface area contributed by atoms with Crippen molar-refractivity contribution in [2.45, 2.75) is 6.92 Å². The van der Waals surface area contributed by atoms with Crippen molar-refractivity contribution in [1.82, 2.24) is 4.98 Å². The Labute approximate surface area is 121 Å². The first-order valence-electron chi connectivity index (χ1n) is 6.51. The highest BCUT2D eigenvalue weighted by atomic mass is 16.4. The number of aryl methyl sites for hydroxylation is 1. The number of oxazole rings is 1. The second-order valence-corrected chi connectivity index (χ2v) is 4.56. The Morgan fingerprint density at radius 2 is 1.81 bits per heavy atom. The molecule has 2 aromatic heterocycles. The van der Waals surface area contributed by atoms with Crippen molar-refractivity contribution < 1.29 is 13.6 Å². The first-order chi connectivity index (χ1) is 10.3. The minimum Gasteiger partial charge on any atom is -0.459 e. The molecule has 0 aliphatic rings. The van der Waals surface area contributed by atoms with Crippen LogP contribution in [0, 0.1) is 6.92 Å². The van der Waals surface area contributed by atoms with Gasteiger partial charge in [-0.1, -0.05) is 30.3 Å². The molecule has 4 nitrogen and oxygen atoms in total. The van der Waals surface area contributed by atoms with Crippen LogP contribution >= 0.6 is 0 Å². The third-order valence-corrected chi connectivity index (χ3v) is 3.07. The molecular weight excluding hydrogens is 266 g/mol. The van der Waals surface area contributed by atoms with Crippen LogP contribution < -0.4 is 0 Å². The summed E-state index contributed by atoms with van der Waals surface area (Å²) in [5.41, 5.74) is 2.40. The van der Waals surface area contributed by atoms with Crippen molar-refractivity contribution in [3.05, 3.63) is 65.2 Å². The molecule has 0 saturated heterocycles. The molecule has 3 aromatic rings. The van der Waals surface area contributed by atoms with Gasteiger partial charge in [-0.3, -0.25) is 4.79 Å². The van der Waals surface area contributed by atoms with E-state index in [1.54, 1.807) is 30.5 Å². The average molecular weight is 279 g/mol. The van der Waals surface area contributed by atoms with Gasteiger partial charge in [0.05, 0.1) is 6.26 Å². The third-order valence-electron chi connectivity index (χ3n) is 3.07. The highest BCUT2D eigenvalue weighted by Gasteiger charge is 2.11. The number of carbonyl (C=O) groups is 1. The molecule has 0 fully saturated rings. The van der Waals surface area contributed by atoms with Crippen LogP contribution in [-0.4, -0.2) is 11.3 Å². The van der Waals surface area contributed by atoms with E-state index in [1.807, 2.05) is 31.2 Å². The lowest BCUT2D eigenvalue weighted by Crippen LogP contribution is -1.80. The lowest BCUT2D eigenvalue weighted by Gasteiger charge is -1.93. The van der Waals surface area contributed by atoms with Gasteiger partial charge in [0.1, 0.15) is 17.7 Å². The van der Waals surface area contributed by atoms with Crippen molar-refractivity contribution in [2.24, 2.45) is 0 Å². The van der Waals surface area contributed by atoms with Crippen molar-refractivity contribution in [3.63, 3.8) is 0 Å². The lowest BCUT2D eigenvalue weighted by atomic mass is 10.1. The minimum absolute atomic E-state index is 0.466. The van der Waals surface area contributed by atoms with E-state index < -0.39 is 0 Å². The lowest BCUT2D eigenvalue weighted by molar-refractivity contribution is 0.112. The summed E-state index contributed by atoms with van der Waals surface area (Å²) in [6.45, 7) is 1.86. The number of aromatic nitrogens is 1. The van der Waals surface area contributed by atoms with Gasteiger partial charge in [0.25, 0.3) is 5.89 Å². The maximum absolute atomic E-state index is 10.6. The number of carbonyl (C=O) groups excluding carboxylic acids is 1. The molecule has 3 rings (SSSR count). The molecule has 0 unspecified atom stereocenters. The monoisotopic (exact) mass is 279 g/mol. The van der Waals surface area contributed by atoms with E-state index in [4.69, 9.17) is 8.83 Å². The first-order valence-corrected chi connectivity index (χ1v) is 6.51. The smallest absolute Gasteiger partial charge is 0.263 e. The molecule has 0 saturated carbocycles. The fourth-order valence-corrected chi connectivity index (χ4v) is 1.93. The number of hydrogen-bond donors (Lipinski definition) is 0. The molecule has 2 heterocycles. The van der Waals surface area contributed by atoms with E-state index >= 15 is 0 Å². The van der Waals surface area contributed by atoms with Crippen LogP contribution in [0.3, 0.4) is 0 Å². The molecule has 0 radical (unpaired) electrons. The van der Waals surface area contributed by atoms with Crippen molar-refractivity contribution in [1.29, 1.82) is 0 Å². The quantitative estimate of drug-likeness (QED) is 0.671. The van der Waals surface area contributed by atoms with E-state index in [0.717, 1.165) is 23.3 Å². The number of hydrogen-bond acceptors (Lipinski definition) is 4. The zero-order chi connectivity index (χ0) is 14.7. The van der Waals surface area contributed by atoms with Crippen LogP contribution in [0.15, 0.2) is 51.5 Å². The summed E-state index contributed by atoms with van der Waals surface area (Å²) in [6.07, 6.45) is 6.20. The molecule has 0 aliphatic carbocycles. The van der Waals surface area contributed by atoms with E-state index in [0.29, 0.717) is 17.2 Å². The number of benzene rings is 1. The van der Waals surface area contributed by atoms with Gasteiger partial charge in [-0.25, -0.2) is 4.98 Å². The van der Waals surface area contributed by atoms with Crippen molar-refractivity contribution in [3.8, 4) is 11.7 Å². The van der Waals surface area contributed by atoms with E-state index in [9.17, 15) is 4.79 Å². The fourth-order valence-electron chi connectivity index (χ4n) is 1.93. The van der Waals surface area contributed by atoms with Gasteiger partial charge >= 0.3 is 0 Å². The largest absolute Gasteiger partial charge is 0.459 e. The summed E-state index contributed by atoms with van der Waals surface area (Å²) in [5.74, 6) is 1.80. The van der Waals surface area contributed by atoms with Crippen LogP contribution in [0.5, 0.6) is 0 Å². The van der Waals surface area contributed by atoms with E-state index in [-0.39, 0.29) is 0 Å². The summed E-state index contributed by atoms with van der Waals surface area (Å²) in [5, 5.41) is 0. The van der Waals surface area contributed by atoms with Crippen molar-refractivity contribution >= 4 is 18.4 Å². The molecule has 1 aromatic carbocycles. The number of rotatable bonds is 4. The Morgan fingerprint density at radius 3 is 2.48 bits per heavy atom. The maximum atomic E-state index is 10.6. The van der Waals surface area contributed by atoms with Gasteiger partial charge < -0.3 is 8.83 Å².